The number of rotatable bonds is 1. The third kappa shape index (κ3) is 6.18. The van der Waals surface area contributed by atoms with E-state index in [1.165, 1.54) is 0 Å². The van der Waals surface area contributed by atoms with Gasteiger partial charge in [0.15, 0.2) is 0 Å². The Labute approximate surface area is 196 Å². The number of hydrogen-bond acceptors (Lipinski definition) is 5. The van der Waals surface area contributed by atoms with Crippen LogP contribution in [-0.4, -0.2) is 44.4 Å². The molecule has 1 saturated heterocycles. The zero-order chi connectivity index (χ0) is 22.6. The molecule has 0 saturated carbocycles. The first-order valence-electron chi connectivity index (χ1n) is 10.1. The highest BCUT2D eigenvalue weighted by molar-refractivity contribution is 6.92. The van der Waals surface area contributed by atoms with Gasteiger partial charge in [0, 0.05) is 31.1 Å². The molecule has 170 valence electrons. The number of likely N-dealkylation sites (tertiary alicyclic amines) is 1. The Morgan fingerprint density at radius 3 is 2.34 bits per heavy atom. The summed E-state index contributed by atoms with van der Waals surface area (Å²) < 4.78 is 6.96. The maximum absolute atomic E-state index is 11.4. The van der Waals surface area contributed by atoms with E-state index in [1.54, 1.807) is 34.1 Å². The summed E-state index contributed by atoms with van der Waals surface area (Å²) in [6.45, 7) is 7.38. The second kappa shape index (κ2) is 10.8. The summed E-state index contributed by atoms with van der Waals surface area (Å²) in [7, 11) is 1.86. The third-order valence-corrected chi connectivity index (χ3v) is 5.11. The van der Waals surface area contributed by atoms with Crippen LogP contribution in [0.3, 0.4) is 0 Å². The number of carbonyl (C=O) groups excluding carboxylic acids is 1. The number of nitriles is 1. The molecule has 3 heterocycles. The van der Waals surface area contributed by atoms with Gasteiger partial charge in [0.25, 0.3) is 0 Å². The monoisotopic (exact) mass is 473 g/mol. The number of benzene rings is 1. The molecule has 0 aliphatic carbocycles. The first-order chi connectivity index (χ1) is 14.7. The van der Waals surface area contributed by atoms with Gasteiger partial charge in [-0.2, -0.15) is 20.3 Å². The fourth-order valence-corrected chi connectivity index (χ4v) is 3.56. The van der Waals surface area contributed by atoms with Gasteiger partial charge < -0.3 is 9.64 Å². The summed E-state index contributed by atoms with van der Waals surface area (Å²) in [6, 6.07) is 9.36. The molecule has 1 amide bonds. The Balaban J connectivity index is 0.000000244. The van der Waals surface area contributed by atoms with Gasteiger partial charge in [-0.25, -0.2) is 9.78 Å². The van der Waals surface area contributed by atoms with Crippen molar-refractivity contribution < 1.29 is 9.53 Å². The number of nitrogens with zero attached hydrogens (tertiary/aromatic N) is 5. The van der Waals surface area contributed by atoms with Crippen molar-refractivity contribution in [1.29, 1.82) is 5.26 Å². The Morgan fingerprint density at radius 2 is 1.78 bits per heavy atom. The van der Waals surface area contributed by atoms with Crippen molar-refractivity contribution >= 4 is 38.5 Å². The fraction of sp³-hybridized carbons (Fsp3) is 0.391. The van der Waals surface area contributed by atoms with Gasteiger partial charge in [-0.1, -0.05) is 23.7 Å². The van der Waals surface area contributed by atoms with E-state index in [1.807, 2.05) is 40.0 Å². The number of hydrogen-bond donors (Lipinski definition) is 0. The van der Waals surface area contributed by atoms with E-state index < -0.39 is 0 Å². The van der Waals surface area contributed by atoms with Crippen LogP contribution >= 0.6 is 21.5 Å². The van der Waals surface area contributed by atoms with E-state index in [0.29, 0.717) is 10.7 Å². The van der Waals surface area contributed by atoms with Crippen molar-refractivity contribution in [3.8, 4) is 17.2 Å². The number of halogens is 1. The van der Waals surface area contributed by atoms with Gasteiger partial charge in [-0.15, -0.1) is 0 Å². The molecular weight excluding hydrogens is 445 g/mol. The molecule has 1 atom stereocenters. The number of aryl methyl sites for hydroxylation is 1. The fourth-order valence-electron chi connectivity index (χ4n) is 3.30. The van der Waals surface area contributed by atoms with Gasteiger partial charge in [-0.05, 0) is 51.3 Å². The average molecular weight is 474 g/mol. The van der Waals surface area contributed by atoms with Gasteiger partial charge in [-0.3, -0.25) is 4.68 Å². The SMILES string of the molecule is CC(C)(C)OC(=O)N1CCCC1.Cn1ncc2c(-c3ccc(C#N)cc3)c(Cl)ncc21.P. The predicted octanol–water partition coefficient (Wildman–Crippen LogP) is 5.24. The minimum atomic E-state index is -0.361. The third-order valence-electron chi connectivity index (χ3n) is 4.82. The molecule has 9 heteroatoms. The van der Waals surface area contributed by atoms with Crippen molar-refractivity contribution in [1.82, 2.24) is 19.7 Å². The molecule has 1 aromatic carbocycles. The Hall–Kier alpha value is -2.68. The van der Waals surface area contributed by atoms with Crippen LogP contribution in [0.15, 0.2) is 36.7 Å². The van der Waals surface area contributed by atoms with Gasteiger partial charge in [0.2, 0.25) is 0 Å². The molecular formula is C23H29ClN5O2P. The molecule has 7 nitrogen and oxygen atoms in total. The van der Waals surface area contributed by atoms with Crippen LogP contribution in [0.1, 0.15) is 39.2 Å². The van der Waals surface area contributed by atoms with Crippen LogP contribution in [0.25, 0.3) is 22.0 Å². The summed E-state index contributed by atoms with van der Waals surface area (Å²) in [6.07, 6.45) is 5.53. The van der Waals surface area contributed by atoms with Crippen LogP contribution in [0.4, 0.5) is 4.79 Å². The second-order valence-corrected chi connectivity index (χ2v) is 8.71. The first-order valence-corrected chi connectivity index (χ1v) is 10.5. The number of pyridine rings is 1. The van der Waals surface area contributed by atoms with Gasteiger partial charge in [0.1, 0.15) is 10.8 Å². The number of ether oxygens (including phenoxy) is 1. The van der Waals surface area contributed by atoms with E-state index in [2.05, 4.69) is 16.2 Å². The minimum absolute atomic E-state index is 0. The van der Waals surface area contributed by atoms with Crippen LogP contribution in [0.5, 0.6) is 0 Å². The van der Waals surface area contributed by atoms with Crippen LogP contribution in [0, 0.1) is 11.3 Å². The lowest BCUT2D eigenvalue weighted by Gasteiger charge is -2.23. The lowest BCUT2D eigenvalue weighted by molar-refractivity contribution is 0.0295. The number of carbonyl (C=O) groups is 1. The Kier molecular flexibility index (Phi) is 8.60. The number of fused-ring (bicyclic) bond motifs is 1. The summed E-state index contributed by atoms with van der Waals surface area (Å²) in [5, 5.41) is 14.4. The first kappa shape index (κ1) is 25.6. The van der Waals surface area contributed by atoms with Crippen molar-refractivity contribution in [3.05, 3.63) is 47.4 Å². The molecule has 0 bridgehead atoms. The van der Waals surface area contributed by atoms with Crippen molar-refractivity contribution in [2.24, 2.45) is 7.05 Å². The standard InChI is InChI=1S/C14H9ClN4.C9H17NO2.H3P/c1-19-12-8-17-14(15)13(11(12)7-18-19)10-4-2-9(6-16)3-5-10;1-9(2,3)12-8(11)10-6-4-5-7-10;/h2-5,7-8H,1H3;4-7H2,1-3H3;1H3. The highest BCUT2D eigenvalue weighted by atomic mass is 35.5. The lowest BCUT2D eigenvalue weighted by Crippen LogP contribution is -2.34. The highest BCUT2D eigenvalue weighted by Crippen LogP contribution is 2.33. The topological polar surface area (TPSA) is 84.0 Å². The summed E-state index contributed by atoms with van der Waals surface area (Å²) in [4.78, 5) is 17.3. The van der Waals surface area contributed by atoms with Crippen LogP contribution < -0.4 is 0 Å². The van der Waals surface area contributed by atoms with Gasteiger partial charge >= 0.3 is 6.09 Å². The molecule has 0 radical (unpaired) electrons. The van der Waals surface area contributed by atoms with Crippen molar-refractivity contribution in [3.63, 3.8) is 0 Å². The quantitative estimate of drug-likeness (QED) is 0.356. The zero-order valence-corrected chi connectivity index (χ0v) is 21.1. The largest absolute Gasteiger partial charge is 0.444 e. The normalized spacial score (nSPS) is 13.1. The molecule has 32 heavy (non-hydrogen) atoms. The van der Waals surface area contributed by atoms with Crippen LogP contribution in [-0.2, 0) is 11.8 Å². The Bertz CT molecular complexity index is 1110. The molecule has 1 unspecified atom stereocenters. The average Bonchev–Trinajstić information content (AvgIpc) is 3.38. The molecule has 1 fully saturated rings. The molecule has 4 rings (SSSR count). The molecule has 0 N–H and O–H groups in total. The van der Waals surface area contributed by atoms with Crippen molar-refractivity contribution in [2.45, 2.75) is 39.2 Å². The Morgan fingerprint density at radius 1 is 1.16 bits per heavy atom. The maximum atomic E-state index is 11.4. The van der Waals surface area contributed by atoms with Crippen LogP contribution in [0.2, 0.25) is 5.15 Å². The summed E-state index contributed by atoms with van der Waals surface area (Å²) in [5.41, 5.74) is 2.95. The molecule has 3 aromatic rings. The van der Waals surface area contributed by atoms with E-state index in [9.17, 15) is 4.79 Å². The molecule has 1 aliphatic heterocycles. The second-order valence-electron chi connectivity index (χ2n) is 8.35. The van der Waals surface area contributed by atoms with E-state index >= 15 is 0 Å². The van der Waals surface area contributed by atoms with E-state index in [4.69, 9.17) is 21.6 Å². The number of aromatic nitrogens is 3. The highest BCUT2D eigenvalue weighted by Gasteiger charge is 2.23. The zero-order valence-electron chi connectivity index (χ0n) is 18.9. The molecule has 0 spiro atoms. The molecule has 1 aliphatic rings. The predicted molar refractivity (Wildman–Crippen MR) is 132 cm³/mol. The van der Waals surface area contributed by atoms with E-state index in [0.717, 1.165) is 48.0 Å². The van der Waals surface area contributed by atoms with Gasteiger partial charge in [0.05, 0.1) is 29.5 Å². The minimum Gasteiger partial charge on any atom is -0.444 e. The summed E-state index contributed by atoms with van der Waals surface area (Å²) >= 11 is 6.21. The van der Waals surface area contributed by atoms with E-state index in [-0.39, 0.29) is 21.6 Å². The summed E-state index contributed by atoms with van der Waals surface area (Å²) in [5.74, 6) is 0. The lowest BCUT2D eigenvalue weighted by atomic mass is 10.0. The smallest absolute Gasteiger partial charge is 0.410 e. The van der Waals surface area contributed by atoms with Crippen molar-refractivity contribution in [2.75, 3.05) is 13.1 Å². The maximum Gasteiger partial charge on any atom is 0.410 e. The number of amides is 1. The molecule has 2 aromatic heterocycles.